The number of amides is 2. The third-order valence-electron chi connectivity index (χ3n) is 4.12. The van der Waals surface area contributed by atoms with Crippen molar-refractivity contribution in [2.24, 2.45) is 5.16 Å². The van der Waals surface area contributed by atoms with Crippen molar-refractivity contribution in [3.63, 3.8) is 0 Å². The Morgan fingerprint density at radius 2 is 2.22 bits per heavy atom. The molecule has 2 aliphatic heterocycles. The standard InChI is InChI=1S/C16H23N5O2/c1-12-10-15(20-23-12)19-16(22)18-13-5-8-21(9-6-13)11-14-4-2-3-7-17-14/h2-4,7,12-13H,5-6,8-11H2,1H3,(H2,18,19,20,22). The minimum absolute atomic E-state index is 0.0418. The zero-order chi connectivity index (χ0) is 16.1. The van der Waals surface area contributed by atoms with Crippen molar-refractivity contribution in [2.45, 2.75) is 44.9 Å². The van der Waals surface area contributed by atoms with E-state index in [4.69, 9.17) is 4.84 Å². The molecule has 0 bridgehead atoms. The van der Waals surface area contributed by atoms with Gasteiger partial charge in [0.25, 0.3) is 0 Å². The molecule has 1 unspecified atom stereocenters. The number of pyridine rings is 1. The molecule has 0 radical (unpaired) electrons. The maximum absolute atomic E-state index is 12.0. The van der Waals surface area contributed by atoms with Gasteiger partial charge in [0.2, 0.25) is 0 Å². The summed E-state index contributed by atoms with van der Waals surface area (Å²) < 4.78 is 0. The average molecular weight is 317 g/mol. The molecule has 23 heavy (non-hydrogen) atoms. The summed E-state index contributed by atoms with van der Waals surface area (Å²) in [5, 5.41) is 9.61. The van der Waals surface area contributed by atoms with E-state index >= 15 is 0 Å². The van der Waals surface area contributed by atoms with Crippen LogP contribution in [0.1, 0.15) is 31.9 Å². The second-order valence-electron chi connectivity index (χ2n) is 6.13. The van der Waals surface area contributed by atoms with Crippen LogP contribution < -0.4 is 10.6 Å². The van der Waals surface area contributed by atoms with E-state index < -0.39 is 0 Å². The topological polar surface area (TPSA) is 78.9 Å². The van der Waals surface area contributed by atoms with Crippen molar-refractivity contribution >= 4 is 11.9 Å². The molecule has 1 atom stereocenters. The first-order valence-corrected chi connectivity index (χ1v) is 8.11. The molecule has 7 heteroatoms. The number of rotatable bonds is 3. The van der Waals surface area contributed by atoms with Crippen molar-refractivity contribution in [3.8, 4) is 0 Å². The van der Waals surface area contributed by atoms with Gasteiger partial charge in [0, 0.05) is 38.3 Å². The number of aromatic nitrogens is 1. The lowest BCUT2D eigenvalue weighted by Crippen LogP contribution is -2.48. The molecule has 1 aromatic rings. The lowest BCUT2D eigenvalue weighted by atomic mass is 10.1. The van der Waals surface area contributed by atoms with Crippen molar-refractivity contribution in [1.29, 1.82) is 0 Å². The van der Waals surface area contributed by atoms with Gasteiger partial charge in [-0.2, -0.15) is 0 Å². The highest BCUT2D eigenvalue weighted by atomic mass is 16.6. The van der Waals surface area contributed by atoms with Crippen LogP contribution in [0.2, 0.25) is 0 Å². The maximum Gasteiger partial charge on any atom is 0.320 e. The summed E-state index contributed by atoms with van der Waals surface area (Å²) in [6.07, 6.45) is 4.40. The minimum atomic E-state index is -0.190. The number of nitrogens with one attached hydrogen (secondary N) is 2. The second-order valence-corrected chi connectivity index (χ2v) is 6.13. The van der Waals surface area contributed by atoms with Crippen molar-refractivity contribution in [1.82, 2.24) is 20.5 Å². The number of hydrogen-bond acceptors (Lipinski definition) is 5. The molecule has 2 N–H and O–H groups in total. The van der Waals surface area contributed by atoms with E-state index in [1.165, 1.54) is 0 Å². The number of nitrogens with zero attached hydrogens (tertiary/aromatic N) is 3. The highest BCUT2D eigenvalue weighted by Crippen LogP contribution is 2.13. The first-order valence-electron chi connectivity index (χ1n) is 8.11. The fraction of sp³-hybridized carbons (Fsp3) is 0.562. The van der Waals surface area contributed by atoms with Gasteiger partial charge in [-0.05, 0) is 31.9 Å². The molecule has 124 valence electrons. The number of piperidine rings is 1. The number of likely N-dealkylation sites (tertiary alicyclic amines) is 1. The Labute approximate surface area is 136 Å². The lowest BCUT2D eigenvalue weighted by molar-refractivity contribution is 0.0994. The summed E-state index contributed by atoms with van der Waals surface area (Å²) in [7, 11) is 0. The summed E-state index contributed by atoms with van der Waals surface area (Å²) in [4.78, 5) is 23.8. The van der Waals surface area contributed by atoms with E-state index in [9.17, 15) is 4.79 Å². The summed E-state index contributed by atoms with van der Waals surface area (Å²) in [6, 6.07) is 6.00. The highest BCUT2D eigenvalue weighted by molar-refractivity contribution is 5.97. The number of oxime groups is 1. The Balaban J connectivity index is 1.38. The molecule has 0 aromatic carbocycles. The molecule has 0 aliphatic carbocycles. The largest absolute Gasteiger partial charge is 0.391 e. The Morgan fingerprint density at radius 1 is 1.39 bits per heavy atom. The van der Waals surface area contributed by atoms with Gasteiger partial charge in [-0.3, -0.25) is 15.2 Å². The quantitative estimate of drug-likeness (QED) is 0.885. The molecular weight excluding hydrogens is 294 g/mol. The first-order chi connectivity index (χ1) is 11.2. The van der Waals surface area contributed by atoms with Gasteiger partial charge in [-0.15, -0.1) is 0 Å². The van der Waals surface area contributed by atoms with Crippen LogP contribution in [0.15, 0.2) is 29.6 Å². The van der Waals surface area contributed by atoms with Crippen LogP contribution in [0.3, 0.4) is 0 Å². The lowest BCUT2D eigenvalue weighted by Gasteiger charge is -2.32. The van der Waals surface area contributed by atoms with Crippen LogP contribution in [0.4, 0.5) is 4.79 Å². The van der Waals surface area contributed by atoms with E-state index in [1.54, 1.807) is 0 Å². The SMILES string of the molecule is CC1CC(NC(=O)NC2CCN(Cc3ccccn3)CC2)=NO1. The molecule has 1 saturated heterocycles. The van der Waals surface area contributed by atoms with E-state index in [2.05, 4.69) is 25.7 Å². The minimum Gasteiger partial charge on any atom is -0.391 e. The van der Waals surface area contributed by atoms with Crippen molar-refractivity contribution in [3.05, 3.63) is 30.1 Å². The van der Waals surface area contributed by atoms with Gasteiger partial charge in [0.1, 0.15) is 6.10 Å². The molecule has 3 rings (SSSR count). The molecular formula is C16H23N5O2. The normalized spacial score (nSPS) is 22.3. The Morgan fingerprint density at radius 3 is 2.87 bits per heavy atom. The predicted molar refractivity (Wildman–Crippen MR) is 86.8 cm³/mol. The third-order valence-corrected chi connectivity index (χ3v) is 4.12. The Hall–Kier alpha value is -2.15. The zero-order valence-electron chi connectivity index (χ0n) is 13.4. The molecule has 0 saturated carbocycles. The van der Waals surface area contributed by atoms with E-state index in [-0.39, 0.29) is 18.2 Å². The molecule has 3 heterocycles. The predicted octanol–water partition coefficient (Wildman–Crippen LogP) is 1.47. The van der Waals surface area contributed by atoms with Gasteiger partial charge < -0.3 is 10.2 Å². The second kappa shape index (κ2) is 7.41. The summed E-state index contributed by atoms with van der Waals surface area (Å²) >= 11 is 0. The van der Waals surface area contributed by atoms with Crippen molar-refractivity contribution in [2.75, 3.05) is 13.1 Å². The first kappa shape index (κ1) is 15.7. The molecule has 2 amide bonds. The average Bonchev–Trinajstić information content (AvgIpc) is 2.95. The Kier molecular flexibility index (Phi) is 5.07. The van der Waals surface area contributed by atoms with Gasteiger partial charge in [-0.1, -0.05) is 11.2 Å². The fourth-order valence-electron chi connectivity index (χ4n) is 2.88. The van der Waals surface area contributed by atoms with Gasteiger partial charge in [0.05, 0.1) is 5.69 Å². The Bertz CT molecular complexity index is 555. The van der Waals surface area contributed by atoms with E-state index in [0.717, 1.165) is 38.2 Å². The summed E-state index contributed by atoms with van der Waals surface area (Å²) in [6.45, 7) is 4.71. The van der Waals surface area contributed by atoms with Crippen LogP contribution in [0.25, 0.3) is 0 Å². The molecule has 1 fully saturated rings. The number of hydrogen-bond donors (Lipinski definition) is 2. The van der Waals surface area contributed by atoms with Crippen LogP contribution in [0.5, 0.6) is 0 Å². The molecule has 0 spiro atoms. The number of carbonyl (C=O) groups is 1. The molecule has 1 aromatic heterocycles. The third kappa shape index (κ3) is 4.66. The number of urea groups is 1. The van der Waals surface area contributed by atoms with E-state index in [0.29, 0.717) is 12.3 Å². The highest BCUT2D eigenvalue weighted by Gasteiger charge is 2.23. The zero-order valence-corrected chi connectivity index (χ0v) is 13.4. The fourth-order valence-corrected chi connectivity index (χ4v) is 2.88. The van der Waals surface area contributed by atoms with Crippen LogP contribution in [0, 0.1) is 0 Å². The molecule has 7 nitrogen and oxygen atoms in total. The van der Waals surface area contributed by atoms with Gasteiger partial charge in [0.15, 0.2) is 5.84 Å². The summed E-state index contributed by atoms with van der Waals surface area (Å²) in [5.74, 6) is 0.600. The molecule has 2 aliphatic rings. The van der Waals surface area contributed by atoms with Crippen molar-refractivity contribution < 1.29 is 9.63 Å². The van der Waals surface area contributed by atoms with E-state index in [1.807, 2.05) is 31.3 Å². The smallest absolute Gasteiger partial charge is 0.320 e. The number of carbonyl (C=O) groups excluding carboxylic acids is 1. The maximum atomic E-state index is 12.0. The van der Waals surface area contributed by atoms with Crippen LogP contribution >= 0.6 is 0 Å². The monoisotopic (exact) mass is 317 g/mol. The number of amidine groups is 1. The summed E-state index contributed by atoms with van der Waals surface area (Å²) in [5.41, 5.74) is 1.09. The van der Waals surface area contributed by atoms with Gasteiger partial charge >= 0.3 is 6.03 Å². The van der Waals surface area contributed by atoms with Crippen LogP contribution in [-0.2, 0) is 11.4 Å². The van der Waals surface area contributed by atoms with Crippen LogP contribution in [-0.4, -0.2) is 47.0 Å². The van der Waals surface area contributed by atoms with Gasteiger partial charge in [-0.25, -0.2) is 4.79 Å².